The van der Waals surface area contributed by atoms with Crippen LogP contribution in [0, 0.1) is 0 Å². The third-order valence-electron chi connectivity index (χ3n) is 2.40. The van der Waals surface area contributed by atoms with Gasteiger partial charge in [-0.15, -0.1) is 0 Å². The Kier molecular flexibility index (Phi) is 5.85. The van der Waals surface area contributed by atoms with Crippen molar-refractivity contribution in [3.8, 4) is 0 Å². The molecule has 1 amide bonds. The standard InChI is InChI=1S/C12H14Cl2N2OS/c1-2-10(6-11(15)18)16-12(17)7-3-8(13)5-9(14)4-7/h3-5,10H,2,6H2,1H3,(H2,15,18)(H,16,17). The molecule has 0 fully saturated rings. The molecule has 1 rings (SSSR count). The highest BCUT2D eigenvalue weighted by Crippen LogP contribution is 2.19. The molecule has 0 radical (unpaired) electrons. The summed E-state index contributed by atoms with van der Waals surface area (Å²) in [6, 6.07) is 4.63. The molecule has 3 nitrogen and oxygen atoms in total. The summed E-state index contributed by atoms with van der Waals surface area (Å²) in [5.41, 5.74) is 5.89. The smallest absolute Gasteiger partial charge is 0.251 e. The first-order valence-corrected chi connectivity index (χ1v) is 6.64. The Bertz CT molecular complexity index is 445. The lowest BCUT2D eigenvalue weighted by Crippen LogP contribution is -2.37. The molecule has 1 aromatic rings. The second-order valence-electron chi connectivity index (χ2n) is 3.91. The highest BCUT2D eigenvalue weighted by atomic mass is 35.5. The predicted molar refractivity (Wildman–Crippen MR) is 79.4 cm³/mol. The quantitative estimate of drug-likeness (QED) is 0.822. The number of rotatable bonds is 5. The zero-order valence-electron chi connectivity index (χ0n) is 9.87. The Morgan fingerprint density at radius 3 is 2.39 bits per heavy atom. The summed E-state index contributed by atoms with van der Waals surface area (Å²) in [7, 11) is 0. The van der Waals surface area contributed by atoms with E-state index >= 15 is 0 Å². The highest BCUT2D eigenvalue weighted by molar-refractivity contribution is 7.80. The van der Waals surface area contributed by atoms with E-state index in [0.29, 0.717) is 27.0 Å². The van der Waals surface area contributed by atoms with Gasteiger partial charge in [-0.05, 0) is 24.6 Å². The first kappa shape index (κ1) is 15.2. The molecule has 0 aliphatic rings. The summed E-state index contributed by atoms with van der Waals surface area (Å²) in [6.45, 7) is 1.95. The van der Waals surface area contributed by atoms with E-state index in [1.54, 1.807) is 18.2 Å². The van der Waals surface area contributed by atoms with Gasteiger partial charge in [0.25, 0.3) is 5.91 Å². The maximum atomic E-state index is 12.0. The Labute approximate surface area is 122 Å². The molecule has 1 unspecified atom stereocenters. The molecule has 98 valence electrons. The molecular weight excluding hydrogens is 291 g/mol. The molecule has 0 bridgehead atoms. The van der Waals surface area contributed by atoms with Crippen LogP contribution in [0.5, 0.6) is 0 Å². The van der Waals surface area contributed by atoms with Gasteiger partial charge in [0.15, 0.2) is 0 Å². The van der Waals surface area contributed by atoms with E-state index in [0.717, 1.165) is 6.42 Å². The van der Waals surface area contributed by atoms with Gasteiger partial charge in [0.1, 0.15) is 0 Å². The van der Waals surface area contributed by atoms with Crippen molar-refractivity contribution in [2.75, 3.05) is 0 Å². The number of benzene rings is 1. The molecule has 6 heteroatoms. The SMILES string of the molecule is CCC(CC(N)=S)NC(=O)c1cc(Cl)cc(Cl)c1. The minimum atomic E-state index is -0.234. The van der Waals surface area contributed by atoms with Gasteiger partial charge in [0, 0.05) is 28.1 Å². The molecule has 0 aliphatic carbocycles. The number of thiocarbonyl (C=S) groups is 1. The van der Waals surface area contributed by atoms with Crippen molar-refractivity contribution in [2.45, 2.75) is 25.8 Å². The van der Waals surface area contributed by atoms with E-state index in [2.05, 4.69) is 5.32 Å². The molecule has 0 spiro atoms. The van der Waals surface area contributed by atoms with Crippen LogP contribution in [0.25, 0.3) is 0 Å². The third-order valence-corrected chi connectivity index (χ3v) is 3.00. The van der Waals surface area contributed by atoms with E-state index < -0.39 is 0 Å². The van der Waals surface area contributed by atoms with Crippen LogP contribution < -0.4 is 11.1 Å². The van der Waals surface area contributed by atoms with Crippen LogP contribution in [0.2, 0.25) is 10.0 Å². The van der Waals surface area contributed by atoms with Crippen LogP contribution in [0.1, 0.15) is 30.1 Å². The van der Waals surface area contributed by atoms with Gasteiger partial charge in [0.2, 0.25) is 0 Å². The number of nitrogens with one attached hydrogen (secondary N) is 1. The number of nitrogens with two attached hydrogens (primary N) is 1. The third kappa shape index (κ3) is 4.80. The predicted octanol–water partition coefficient (Wildman–Crippen LogP) is 3.18. The minimum absolute atomic E-state index is 0.0762. The Morgan fingerprint density at radius 1 is 1.39 bits per heavy atom. The van der Waals surface area contributed by atoms with Crippen molar-refractivity contribution in [2.24, 2.45) is 5.73 Å². The lowest BCUT2D eigenvalue weighted by atomic mass is 10.1. The van der Waals surface area contributed by atoms with Gasteiger partial charge < -0.3 is 11.1 Å². The second kappa shape index (κ2) is 6.92. The van der Waals surface area contributed by atoms with Gasteiger partial charge in [-0.3, -0.25) is 4.79 Å². The number of carbonyl (C=O) groups excluding carboxylic acids is 1. The fraction of sp³-hybridized carbons (Fsp3) is 0.333. The number of hydrogen-bond acceptors (Lipinski definition) is 2. The summed E-state index contributed by atoms with van der Waals surface area (Å²) in [4.78, 5) is 12.4. The molecule has 18 heavy (non-hydrogen) atoms. The van der Waals surface area contributed by atoms with Gasteiger partial charge in [-0.2, -0.15) is 0 Å². The number of carbonyl (C=O) groups is 1. The Morgan fingerprint density at radius 2 is 1.94 bits per heavy atom. The van der Waals surface area contributed by atoms with E-state index in [1.165, 1.54) is 0 Å². The average Bonchev–Trinajstić information content (AvgIpc) is 2.26. The number of halogens is 2. The van der Waals surface area contributed by atoms with Gasteiger partial charge in [-0.1, -0.05) is 42.3 Å². The first-order chi connectivity index (χ1) is 8.42. The maximum absolute atomic E-state index is 12.0. The summed E-state index contributed by atoms with van der Waals surface area (Å²) in [6.07, 6.45) is 1.23. The van der Waals surface area contributed by atoms with Gasteiger partial charge >= 0.3 is 0 Å². The topological polar surface area (TPSA) is 55.1 Å². The van der Waals surface area contributed by atoms with E-state index in [4.69, 9.17) is 41.2 Å². The summed E-state index contributed by atoms with van der Waals surface area (Å²) in [5, 5.41) is 3.70. The molecule has 0 saturated heterocycles. The van der Waals surface area contributed by atoms with E-state index in [-0.39, 0.29) is 11.9 Å². The zero-order chi connectivity index (χ0) is 13.7. The molecular formula is C12H14Cl2N2OS. The molecule has 0 aliphatic heterocycles. The molecule has 0 aromatic heterocycles. The van der Waals surface area contributed by atoms with E-state index in [1.807, 2.05) is 6.92 Å². The van der Waals surface area contributed by atoms with Crippen molar-refractivity contribution < 1.29 is 4.79 Å². The van der Waals surface area contributed by atoms with Crippen LogP contribution in [0.15, 0.2) is 18.2 Å². The monoisotopic (exact) mass is 304 g/mol. The van der Waals surface area contributed by atoms with Gasteiger partial charge in [-0.25, -0.2) is 0 Å². The fourth-order valence-electron chi connectivity index (χ4n) is 1.49. The first-order valence-electron chi connectivity index (χ1n) is 5.47. The Hall–Kier alpha value is -0.840. The van der Waals surface area contributed by atoms with Crippen molar-refractivity contribution in [1.29, 1.82) is 0 Å². The minimum Gasteiger partial charge on any atom is -0.393 e. The van der Waals surface area contributed by atoms with Crippen molar-refractivity contribution in [3.63, 3.8) is 0 Å². The molecule has 3 N–H and O–H groups in total. The molecule has 0 saturated carbocycles. The molecule has 1 atom stereocenters. The summed E-state index contributed by atoms with van der Waals surface area (Å²) < 4.78 is 0. The van der Waals surface area contributed by atoms with Gasteiger partial charge in [0.05, 0.1) is 4.99 Å². The van der Waals surface area contributed by atoms with Crippen LogP contribution in [-0.4, -0.2) is 16.9 Å². The largest absolute Gasteiger partial charge is 0.393 e. The summed E-state index contributed by atoms with van der Waals surface area (Å²) in [5.74, 6) is -0.234. The van der Waals surface area contributed by atoms with Crippen LogP contribution in [0.3, 0.4) is 0 Å². The molecule has 0 heterocycles. The lowest BCUT2D eigenvalue weighted by Gasteiger charge is -2.16. The highest BCUT2D eigenvalue weighted by Gasteiger charge is 2.14. The normalized spacial score (nSPS) is 11.9. The average molecular weight is 305 g/mol. The van der Waals surface area contributed by atoms with Crippen LogP contribution in [0.4, 0.5) is 0 Å². The fourth-order valence-corrected chi connectivity index (χ4v) is 2.22. The van der Waals surface area contributed by atoms with E-state index in [9.17, 15) is 4.79 Å². The maximum Gasteiger partial charge on any atom is 0.251 e. The number of amides is 1. The number of hydrogen-bond donors (Lipinski definition) is 2. The van der Waals surface area contributed by atoms with Crippen LogP contribution in [-0.2, 0) is 0 Å². The molecule has 1 aromatic carbocycles. The van der Waals surface area contributed by atoms with Crippen molar-refractivity contribution in [3.05, 3.63) is 33.8 Å². The Balaban J connectivity index is 2.77. The lowest BCUT2D eigenvalue weighted by molar-refractivity contribution is 0.0937. The van der Waals surface area contributed by atoms with Crippen molar-refractivity contribution >= 4 is 46.3 Å². The second-order valence-corrected chi connectivity index (χ2v) is 5.30. The zero-order valence-corrected chi connectivity index (χ0v) is 12.2. The van der Waals surface area contributed by atoms with Crippen molar-refractivity contribution in [1.82, 2.24) is 5.32 Å². The summed E-state index contributed by atoms with van der Waals surface area (Å²) >= 11 is 16.5. The van der Waals surface area contributed by atoms with Crippen LogP contribution >= 0.6 is 35.4 Å².